The molecule has 8 heteroatoms. The number of aliphatic imine (C=N–C) groups is 1. The number of hydrogen-bond donors (Lipinski definition) is 2. The number of hydrogen-bond acceptors (Lipinski definition) is 4. The van der Waals surface area contributed by atoms with Crippen molar-refractivity contribution in [2.75, 3.05) is 20.2 Å². The zero-order valence-electron chi connectivity index (χ0n) is 16.7. The summed E-state index contributed by atoms with van der Waals surface area (Å²) >= 11 is 0. The van der Waals surface area contributed by atoms with Crippen molar-refractivity contribution in [3.05, 3.63) is 72.0 Å². The molecule has 1 aromatic carbocycles. The normalized spacial score (nSPS) is 11.6. The van der Waals surface area contributed by atoms with Crippen molar-refractivity contribution in [1.82, 2.24) is 20.2 Å². The van der Waals surface area contributed by atoms with Crippen LogP contribution in [0, 0.1) is 12.7 Å². The molecular weight excluding hydrogens is 373 g/mol. The van der Waals surface area contributed by atoms with E-state index in [1.165, 1.54) is 6.07 Å². The number of furan rings is 1. The Morgan fingerprint density at radius 2 is 2.21 bits per heavy atom. The van der Waals surface area contributed by atoms with Gasteiger partial charge in [-0.2, -0.15) is 0 Å². The Bertz CT molecular complexity index is 921. The Balaban J connectivity index is 1.40. The Morgan fingerprint density at radius 3 is 2.90 bits per heavy atom. The van der Waals surface area contributed by atoms with Crippen molar-refractivity contribution >= 4 is 5.96 Å². The van der Waals surface area contributed by atoms with E-state index in [0.29, 0.717) is 38.0 Å². The van der Waals surface area contributed by atoms with Crippen LogP contribution in [0.4, 0.5) is 4.39 Å². The average Bonchev–Trinajstić information content (AvgIpc) is 3.39. The summed E-state index contributed by atoms with van der Waals surface area (Å²) in [5.41, 5.74) is 1.31. The van der Waals surface area contributed by atoms with Crippen LogP contribution in [0.2, 0.25) is 0 Å². The molecule has 0 amide bonds. The lowest BCUT2D eigenvalue weighted by molar-refractivity contribution is 0.105. The summed E-state index contributed by atoms with van der Waals surface area (Å²) < 4.78 is 27.0. The Kier molecular flexibility index (Phi) is 7.40. The second kappa shape index (κ2) is 10.4. The van der Waals surface area contributed by atoms with Gasteiger partial charge in [0.2, 0.25) is 0 Å². The third-order valence-electron chi connectivity index (χ3n) is 4.36. The Hall–Kier alpha value is -3.13. The van der Waals surface area contributed by atoms with Gasteiger partial charge < -0.3 is 24.4 Å². The van der Waals surface area contributed by atoms with E-state index >= 15 is 0 Å². The summed E-state index contributed by atoms with van der Waals surface area (Å²) in [6.45, 7) is 4.11. The summed E-state index contributed by atoms with van der Waals surface area (Å²) in [4.78, 5) is 8.32. The average molecular weight is 399 g/mol. The van der Waals surface area contributed by atoms with Gasteiger partial charge in [0.1, 0.15) is 24.0 Å². The van der Waals surface area contributed by atoms with Crippen LogP contribution in [0.15, 0.2) is 58.4 Å². The van der Waals surface area contributed by atoms with Crippen molar-refractivity contribution in [3.8, 4) is 5.69 Å². The number of ether oxygens (including phenoxy) is 1. The summed E-state index contributed by atoms with van der Waals surface area (Å²) in [5, 5.41) is 6.41. The number of guanidine groups is 1. The topological polar surface area (TPSA) is 76.6 Å². The van der Waals surface area contributed by atoms with Gasteiger partial charge in [0.05, 0.1) is 12.0 Å². The first-order chi connectivity index (χ1) is 14.2. The number of nitrogens with one attached hydrogen (secondary N) is 2. The van der Waals surface area contributed by atoms with Crippen LogP contribution in [0.5, 0.6) is 0 Å². The molecule has 0 fully saturated rings. The van der Waals surface area contributed by atoms with Gasteiger partial charge in [-0.1, -0.05) is 6.07 Å². The largest absolute Gasteiger partial charge is 0.467 e. The van der Waals surface area contributed by atoms with Crippen LogP contribution in [0.1, 0.15) is 23.6 Å². The highest BCUT2D eigenvalue weighted by molar-refractivity contribution is 5.79. The molecule has 3 rings (SSSR count). The van der Waals surface area contributed by atoms with Crippen molar-refractivity contribution in [2.24, 2.45) is 4.99 Å². The van der Waals surface area contributed by atoms with E-state index in [1.54, 1.807) is 36.3 Å². The quantitative estimate of drug-likeness (QED) is 0.328. The van der Waals surface area contributed by atoms with Crippen molar-refractivity contribution in [2.45, 2.75) is 26.5 Å². The molecule has 2 heterocycles. The monoisotopic (exact) mass is 399 g/mol. The molecule has 0 spiro atoms. The van der Waals surface area contributed by atoms with Crippen molar-refractivity contribution in [3.63, 3.8) is 0 Å². The van der Waals surface area contributed by atoms with Crippen LogP contribution in [-0.2, 0) is 17.9 Å². The number of imidazole rings is 1. The van der Waals surface area contributed by atoms with Crippen LogP contribution >= 0.6 is 0 Å². The Morgan fingerprint density at radius 1 is 1.31 bits per heavy atom. The molecule has 29 heavy (non-hydrogen) atoms. The summed E-state index contributed by atoms with van der Waals surface area (Å²) in [5.74, 6) is 1.93. The van der Waals surface area contributed by atoms with E-state index in [0.717, 1.165) is 23.6 Å². The molecule has 0 saturated heterocycles. The zero-order chi connectivity index (χ0) is 20.5. The maximum absolute atomic E-state index is 14.5. The highest BCUT2D eigenvalue weighted by Gasteiger charge is 2.08. The molecule has 2 aromatic heterocycles. The molecule has 0 unspecified atom stereocenters. The number of rotatable bonds is 9. The van der Waals surface area contributed by atoms with Gasteiger partial charge >= 0.3 is 0 Å². The molecule has 2 N–H and O–H groups in total. The van der Waals surface area contributed by atoms with E-state index in [1.807, 2.05) is 25.1 Å². The third kappa shape index (κ3) is 5.92. The predicted molar refractivity (Wildman–Crippen MR) is 109 cm³/mol. The highest BCUT2D eigenvalue weighted by Crippen LogP contribution is 2.16. The van der Waals surface area contributed by atoms with Gasteiger partial charge in [0.25, 0.3) is 0 Å². The highest BCUT2D eigenvalue weighted by atomic mass is 19.1. The minimum atomic E-state index is -0.290. The molecule has 0 aliphatic rings. The first kappa shape index (κ1) is 20.6. The van der Waals surface area contributed by atoms with Crippen LogP contribution in [0.25, 0.3) is 5.69 Å². The number of halogens is 1. The van der Waals surface area contributed by atoms with Gasteiger partial charge in [-0.05, 0) is 43.2 Å². The fourth-order valence-corrected chi connectivity index (χ4v) is 2.84. The lowest BCUT2D eigenvalue weighted by atomic mass is 10.2. The maximum atomic E-state index is 14.5. The fourth-order valence-electron chi connectivity index (χ4n) is 2.84. The maximum Gasteiger partial charge on any atom is 0.191 e. The lowest BCUT2D eigenvalue weighted by Crippen LogP contribution is -2.37. The van der Waals surface area contributed by atoms with E-state index in [2.05, 4.69) is 20.6 Å². The molecule has 3 aromatic rings. The third-order valence-corrected chi connectivity index (χ3v) is 4.36. The molecule has 0 saturated carbocycles. The summed E-state index contributed by atoms with van der Waals surface area (Å²) in [6.07, 6.45) is 5.86. The predicted octanol–water partition coefficient (Wildman–Crippen LogP) is 3.18. The number of aromatic nitrogens is 2. The van der Waals surface area contributed by atoms with Gasteiger partial charge in [-0.15, -0.1) is 0 Å². The minimum absolute atomic E-state index is 0.290. The molecule has 0 aliphatic heterocycles. The van der Waals surface area contributed by atoms with E-state index in [9.17, 15) is 4.39 Å². The standard InChI is InChI=1S/C21H26FN5O2/c1-16-24-9-10-27(16)20-7-6-17(13-19(20)22)14-26-21(23-2)25-8-4-11-28-15-18-5-3-12-29-18/h3,5-7,9-10,12-13H,4,8,11,14-15H2,1-2H3,(H2,23,25,26). The number of benzene rings is 1. The van der Waals surface area contributed by atoms with E-state index in [-0.39, 0.29) is 5.82 Å². The first-order valence-electron chi connectivity index (χ1n) is 9.51. The molecule has 0 radical (unpaired) electrons. The first-order valence-corrected chi connectivity index (χ1v) is 9.51. The second-order valence-corrected chi connectivity index (χ2v) is 6.47. The zero-order valence-corrected chi connectivity index (χ0v) is 16.7. The van der Waals surface area contributed by atoms with Crippen LogP contribution in [0.3, 0.4) is 0 Å². The van der Waals surface area contributed by atoms with Crippen LogP contribution < -0.4 is 10.6 Å². The summed E-state index contributed by atoms with van der Waals surface area (Å²) in [7, 11) is 1.70. The number of nitrogens with zero attached hydrogens (tertiary/aromatic N) is 3. The van der Waals surface area contributed by atoms with Crippen molar-refractivity contribution < 1.29 is 13.5 Å². The molecule has 0 bridgehead atoms. The SMILES string of the molecule is CN=C(NCCCOCc1ccco1)NCc1ccc(-n2ccnc2C)c(F)c1. The Labute approximate surface area is 169 Å². The molecular formula is C21H26FN5O2. The number of aryl methyl sites for hydroxylation is 1. The van der Waals surface area contributed by atoms with Crippen molar-refractivity contribution in [1.29, 1.82) is 0 Å². The lowest BCUT2D eigenvalue weighted by Gasteiger charge is -2.13. The molecule has 0 aliphatic carbocycles. The summed E-state index contributed by atoms with van der Waals surface area (Å²) in [6, 6.07) is 8.90. The van der Waals surface area contributed by atoms with Gasteiger partial charge in [-0.3, -0.25) is 4.99 Å². The van der Waals surface area contributed by atoms with Gasteiger partial charge in [-0.25, -0.2) is 9.37 Å². The van der Waals surface area contributed by atoms with Crippen LogP contribution in [-0.4, -0.2) is 35.7 Å². The smallest absolute Gasteiger partial charge is 0.191 e. The molecule has 0 atom stereocenters. The molecule has 7 nitrogen and oxygen atoms in total. The molecule has 154 valence electrons. The second-order valence-electron chi connectivity index (χ2n) is 6.47. The minimum Gasteiger partial charge on any atom is -0.467 e. The van der Waals surface area contributed by atoms with Gasteiger partial charge in [0, 0.05) is 39.1 Å². The van der Waals surface area contributed by atoms with E-state index < -0.39 is 0 Å². The van der Waals surface area contributed by atoms with Gasteiger partial charge in [0.15, 0.2) is 5.96 Å². The van der Waals surface area contributed by atoms with E-state index in [4.69, 9.17) is 9.15 Å². The fraction of sp³-hybridized carbons (Fsp3) is 0.333.